The second-order valence-electron chi connectivity index (χ2n) is 5.86. The summed E-state index contributed by atoms with van der Waals surface area (Å²) in [5, 5.41) is 3.50. The second kappa shape index (κ2) is 8.54. The van der Waals surface area contributed by atoms with Crippen molar-refractivity contribution in [1.82, 2.24) is 4.98 Å². The van der Waals surface area contributed by atoms with Crippen molar-refractivity contribution in [1.29, 1.82) is 0 Å². The number of H-pyrrole nitrogens is 1. The first-order chi connectivity index (χ1) is 13.5. The summed E-state index contributed by atoms with van der Waals surface area (Å²) in [6.45, 7) is 1.83. The van der Waals surface area contributed by atoms with E-state index in [9.17, 15) is 14.4 Å². The third-order valence-electron chi connectivity index (χ3n) is 3.96. The van der Waals surface area contributed by atoms with Crippen LogP contribution < -0.4 is 10.7 Å². The van der Waals surface area contributed by atoms with Gasteiger partial charge in [0.1, 0.15) is 5.56 Å². The van der Waals surface area contributed by atoms with Crippen molar-refractivity contribution in [3.05, 3.63) is 81.1 Å². The fourth-order valence-corrected chi connectivity index (χ4v) is 2.82. The number of carbonyl (C=O) groups is 2. The van der Waals surface area contributed by atoms with Crippen LogP contribution in [0.2, 0.25) is 5.02 Å². The SMILES string of the molecule is CCOC(=O)c1c[nH]c2ccc(NC(=O)/C=C/c3ccccc3Cl)cc2c1=O. The number of ether oxygens (including phenoxy) is 1. The molecule has 7 heteroatoms. The minimum Gasteiger partial charge on any atom is -0.462 e. The molecule has 3 rings (SSSR count). The molecule has 6 nitrogen and oxygen atoms in total. The molecule has 0 saturated heterocycles. The molecule has 2 N–H and O–H groups in total. The number of hydrogen-bond donors (Lipinski definition) is 2. The predicted octanol–water partition coefficient (Wildman–Crippen LogP) is 4.01. The average Bonchev–Trinajstić information content (AvgIpc) is 2.68. The number of aromatic amines is 1. The average molecular weight is 397 g/mol. The van der Waals surface area contributed by atoms with E-state index in [4.69, 9.17) is 16.3 Å². The van der Waals surface area contributed by atoms with E-state index in [2.05, 4.69) is 10.3 Å². The lowest BCUT2D eigenvalue weighted by Crippen LogP contribution is -2.18. The predicted molar refractivity (Wildman–Crippen MR) is 110 cm³/mol. The lowest BCUT2D eigenvalue weighted by molar-refractivity contribution is -0.111. The van der Waals surface area contributed by atoms with Gasteiger partial charge in [-0.1, -0.05) is 29.8 Å². The minimum atomic E-state index is -0.692. The largest absolute Gasteiger partial charge is 0.462 e. The maximum atomic E-state index is 12.6. The van der Waals surface area contributed by atoms with E-state index < -0.39 is 11.4 Å². The maximum absolute atomic E-state index is 12.6. The first kappa shape index (κ1) is 19.4. The van der Waals surface area contributed by atoms with Gasteiger partial charge < -0.3 is 15.0 Å². The van der Waals surface area contributed by atoms with Crippen LogP contribution in [0.4, 0.5) is 5.69 Å². The standard InChI is InChI=1S/C21H17ClN2O4/c1-2-28-21(27)16-12-23-18-9-8-14(11-15(18)20(16)26)24-19(25)10-7-13-5-3-4-6-17(13)22/h3-12H,2H2,1H3,(H,23,26)(H,24,25)/b10-7+. The highest BCUT2D eigenvalue weighted by molar-refractivity contribution is 6.32. The van der Waals surface area contributed by atoms with Crippen LogP contribution in [0.25, 0.3) is 17.0 Å². The number of hydrogen-bond acceptors (Lipinski definition) is 4. The van der Waals surface area contributed by atoms with Crippen LogP contribution in [0, 0.1) is 0 Å². The Bertz CT molecular complexity index is 1130. The summed E-state index contributed by atoms with van der Waals surface area (Å²) in [5.41, 5.74) is 1.13. The number of pyridine rings is 1. The van der Waals surface area contributed by atoms with Gasteiger partial charge in [-0.25, -0.2) is 4.79 Å². The van der Waals surface area contributed by atoms with Crippen molar-refractivity contribution < 1.29 is 14.3 Å². The molecule has 0 spiro atoms. The van der Waals surface area contributed by atoms with Gasteiger partial charge in [-0.05, 0) is 42.8 Å². The summed E-state index contributed by atoms with van der Waals surface area (Å²) in [4.78, 5) is 39.5. The number of benzene rings is 2. The van der Waals surface area contributed by atoms with Crippen LogP contribution in [-0.2, 0) is 9.53 Å². The number of nitrogens with one attached hydrogen (secondary N) is 2. The fourth-order valence-electron chi connectivity index (χ4n) is 2.62. The van der Waals surface area contributed by atoms with Crippen molar-refractivity contribution >= 4 is 46.1 Å². The van der Waals surface area contributed by atoms with Crippen LogP contribution in [0.1, 0.15) is 22.8 Å². The van der Waals surface area contributed by atoms with Gasteiger partial charge in [0, 0.05) is 33.9 Å². The Hall–Kier alpha value is -3.38. The molecule has 0 aliphatic rings. The number of aromatic nitrogens is 1. The number of fused-ring (bicyclic) bond motifs is 1. The Balaban J connectivity index is 1.84. The molecule has 28 heavy (non-hydrogen) atoms. The van der Waals surface area contributed by atoms with E-state index in [1.165, 1.54) is 18.3 Å². The topological polar surface area (TPSA) is 88.3 Å². The van der Waals surface area contributed by atoms with Crippen molar-refractivity contribution in [3.63, 3.8) is 0 Å². The van der Waals surface area contributed by atoms with E-state index in [1.807, 2.05) is 6.07 Å². The molecule has 1 aromatic heterocycles. The summed E-state index contributed by atoms with van der Waals surface area (Å²) in [5.74, 6) is -1.07. The Labute approximate surface area is 165 Å². The number of amides is 1. The van der Waals surface area contributed by atoms with Gasteiger partial charge in [-0.3, -0.25) is 9.59 Å². The van der Waals surface area contributed by atoms with E-state index >= 15 is 0 Å². The minimum absolute atomic E-state index is 0.0866. The molecule has 1 heterocycles. The van der Waals surface area contributed by atoms with Crippen LogP contribution in [0.15, 0.2) is 59.5 Å². The molecule has 142 valence electrons. The van der Waals surface area contributed by atoms with Crippen LogP contribution >= 0.6 is 11.6 Å². The van der Waals surface area contributed by atoms with Gasteiger partial charge in [0.15, 0.2) is 0 Å². The van der Waals surface area contributed by atoms with Gasteiger partial charge in [0.2, 0.25) is 11.3 Å². The van der Waals surface area contributed by atoms with E-state index in [0.29, 0.717) is 21.8 Å². The summed E-state index contributed by atoms with van der Waals surface area (Å²) < 4.78 is 4.89. The zero-order chi connectivity index (χ0) is 20.1. The third-order valence-corrected chi connectivity index (χ3v) is 4.31. The summed E-state index contributed by atoms with van der Waals surface area (Å²) in [7, 11) is 0. The second-order valence-corrected chi connectivity index (χ2v) is 6.26. The first-order valence-corrected chi connectivity index (χ1v) is 8.93. The molecule has 0 unspecified atom stereocenters. The number of rotatable bonds is 5. The summed E-state index contributed by atoms with van der Waals surface area (Å²) >= 11 is 6.05. The molecule has 0 saturated carbocycles. The molecule has 0 aliphatic heterocycles. The molecule has 0 bridgehead atoms. The number of halogens is 1. The highest BCUT2D eigenvalue weighted by Crippen LogP contribution is 2.18. The number of carbonyl (C=O) groups excluding carboxylic acids is 2. The van der Waals surface area contributed by atoms with E-state index in [0.717, 1.165) is 0 Å². The maximum Gasteiger partial charge on any atom is 0.343 e. The smallest absolute Gasteiger partial charge is 0.343 e. The third kappa shape index (κ3) is 4.29. The molecular weight excluding hydrogens is 380 g/mol. The number of esters is 1. The molecule has 0 atom stereocenters. The van der Waals surface area contributed by atoms with Crippen molar-refractivity contribution in [2.75, 3.05) is 11.9 Å². The molecule has 3 aromatic rings. The molecule has 1 amide bonds. The monoisotopic (exact) mass is 396 g/mol. The summed E-state index contributed by atoms with van der Waals surface area (Å²) in [6.07, 6.45) is 4.28. The van der Waals surface area contributed by atoms with E-state index in [-0.39, 0.29) is 23.5 Å². The Morgan fingerprint density at radius 2 is 2.00 bits per heavy atom. The Kier molecular flexibility index (Phi) is 5.91. The van der Waals surface area contributed by atoms with E-state index in [1.54, 1.807) is 43.3 Å². The van der Waals surface area contributed by atoms with Crippen LogP contribution in [0.3, 0.4) is 0 Å². The van der Waals surface area contributed by atoms with Gasteiger partial charge >= 0.3 is 5.97 Å². The number of anilines is 1. The van der Waals surface area contributed by atoms with Gasteiger partial charge in [0.05, 0.1) is 6.61 Å². The van der Waals surface area contributed by atoms with Gasteiger partial charge in [0.25, 0.3) is 0 Å². The molecular formula is C21H17ClN2O4. The van der Waals surface area contributed by atoms with Gasteiger partial charge in [-0.2, -0.15) is 0 Å². The van der Waals surface area contributed by atoms with Crippen molar-refractivity contribution in [2.24, 2.45) is 0 Å². The lowest BCUT2D eigenvalue weighted by atomic mass is 10.1. The molecule has 2 aromatic carbocycles. The summed E-state index contributed by atoms with van der Waals surface area (Å²) in [6, 6.07) is 12.0. The van der Waals surface area contributed by atoms with Gasteiger partial charge in [-0.15, -0.1) is 0 Å². The first-order valence-electron chi connectivity index (χ1n) is 8.55. The molecule has 0 fully saturated rings. The zero-order valence-electron chi connectivity index (χ0n) is 15.0. The Morgan fingerprint density at radius 1 is 1.21 bits per heavy atom. The highest BCUT2D eigenvalue weighted by atomic mass is 35.5. The van der Waals surface area contributed by atoms with Crippen LogP contribution in [-0.4, -0.2) is 23.5 Å². The quantitative estimate of drug-likeness (QED) is 0.503. The van der Waals surface area contributed by atoms with Crippen molar-refractivity contribution in [3.8, 4) is 0 Å². The molecule has 0 aliphatic carbocycles. The van der Waals surface area contributed by atoms with Crippen LogP contribution in [0.5, 0.6) is 0 Å². The van der Waals surface area contributed by atoms with Crippen molar-refractivity contribution in [2.45, 2.75) is 6.92 Å². The normalized spacial score (nSPS) is 10.9. The fraction of sp³-hybridized carbons (Fsp3) is 0.0952. The Morgan fingerprint density at radius 3 is 2.75 bits per heavy atom. The highest BCUT2D eigenvalue weighted by Gasteiger charge is 2.14. The zero-order valence-corrected chi connectivity index (χ0v) is 15.7. The molecule has 0 radical (unpaired) electrons. The lowest BCUT2D eigenvalue weighted by Gasteiger charge is -2.06.